The predicted molar refractivity (Wildman–Crippen MR) is 56.3 cm³/mol. The molecule has 0 radical (unpaired) electrons. The molecule has 2 aliphatic heterocycles. The van der Waals surface area contributed by atoms with E-state index in [2.05, 4.69) is 15.5 Å². The van der Waals surface area contributed by atoms with Crippen LogP contribution in [0.5, 0.6) is 0 Å². The molecule has 2 fully saturated rings. The summed E-state index contributed by atoms with van der Waals surface area (Å²) in [6, 6.07) is 0.290. The van der Waals surface area contributed by atoms with Crippen LogP contribution in [0.25, 0.3) is 0 Å². The molecule has 2 unspecified atom stereocenters. The van der Waals surface area contributed by atoms with Crippen molar-refractivity contribution < 1.29 is 5.11 Å². The zero-order chi connectivity index (χ0) is 10.0. The molecule has 4 heteroatoms. The van der Waals surface area contributed by atoms with Crippen LogP contribution < -0.4 is 10.6 Å². The van der Waals surface area contributed by atoms with Crippen LogP contribution in [-0.2, 0) is 0 Å². The highest BCUT2D eigenvalue weighted by molar-refractivity contribution is 4.96. The maximum atomic E-state index is 10.3. The number of piperidine rings is 1. The topological polar surface area (TPSA) is 47.5 Å². The highest BCUT2D eigenvalue weighted by Gasteiger charge is 2.38. The van der Waals surface area contributed by atoms with Gasteiger partial charge in [0.2, 0.25) is 0 Å². The van der Waals surface area contributed by atoms with Gasteiger partial charge in [-0.15, -0.1) is 0 Å². The summed E-state index contributed by atoms with van der Waals surface area (Å²) >= 11 is 0. The molecule has 0 amide bonds. The first-order valence-corrected chi connectivity index (χ1v) is 5.58. The number of rotatable bonds is 1. The van der Waals surface area contributed by atoms with Crippen molar-refractivity contribution in [1.29, 1.82) is 0 Å². The largest absolute Gasteiger partial charge is 0.388 e. The van der Waals surface area contributed by atoms with E-state index in [9.17, 15) is 5.11 Å². The minimum absolute atomic E-state index is 0.290. The van der Waals surface area contributed by atoms with Crippen molar-refractivity contribution >= 4 is 0 Å². The van der Waals surface area contributed by atoms with Crippen molar-refractivity contribution in [3.05, 3.63) is 0 Å². The van der Waals surface area contributed by atoms with E-state index in [4.69, 9.17) is 0 Å². The summed E-state index contributed by atoms with van der Waals surface area (Å²) in [5.74, 6) is 0. The van der Waals surface area contributed by atoms with Gasteiger partial charge in [0.05, 0.1) is 11.6 Å². The Morgan fingerprint density at radius 2 is 1.93 bits per heavy atom. The molecule has 2 atom stereocenters. The summed E-state index contributed by atoms with van der Waals surface area (Å²) in [6.07, 6.45) is 0.863. The minimum Gasteiger partial charge on any atom is -0.388 e. The van der Waals surface area contributed by atoms with Gasteiger partial charge in [-0.05, 0) is 19.9 Å². The molecule has 4 nitrogen and oxygen atoms in total. The van der Waals surface area contributed by atoms with Crippen LogP contribution in [0.1, 0.15) is 13.3 Å². The van der Waals surface area contributed by atoms with Crippen LogP contribution >= 0.6 is 0 Å². The van der Waals surface area contributed by atoms with Crippen molar-refractivity contribution in [3.63, 3.8) is 0 Å². The third-order valence-electron chi connectivity index (χ3n) is 3.46. The van der Waals surface area contributed by atoms with Crippen molar-refractivity contribution in [2.45, 2.75) is 25.0 Å². The Morgan fingerprint density at radius 3 is 2.57 bits per heavy atom. The first-order valence-electron chi connectivity index (χ1n) is 5.58. The van der Waals surface area contributed by atoms with Crippen molar-refractivity contribution in [2.75, 3.05) is 39.3 Å². The molecular weight excluding hydrogens is 178 g/mol. The molecule has 0 aliphatic carbocycles. The zero-order valence-corrected chi connectivity index (χ0v) is 8.92. The van der Waals surface area contributed by atoms with E-state index in [-0.39, 0.29) is 0 Å². The Labute approximate surface area is 85.7 Å². The second-order valence-corrected chi connectivity index (χ2v) is 4.61. The lowest BCUT2D eigenvalue weighted by Gasteiger charge is -2.45. The number of nitrogens with one attached hydrogen (secondary N) is 2. The summed E-state index contributed by atoms with van der Waals surface area (Å²) in [6.45, 7) is 8.05. The SMILES string of the molecule is CC1(O)CCNCC1N1CCNCC1. The third kappa shape index (κ3) is 2.08. The summed E-state index contributed by atoms with van der Waals surface area (Å²) in [7, 11) is 0. The van der Waals surface area contributed by atoms with Gasteiger partial charge in [0.1, 0.15) is 0 Å². The number of hydrogen-bond donors (Lipinski definition) is 3. The van der Waals surface area contributed by atoms with Crippen molar-refractivity contribution in [2.24, 2.45) is 0 Å². The molecule has 0 bridgehead atoms. The second-order valence-electron chi connectivity index (χ2n) is 4.61. The van der Waals surface area contributed by atoms with Crippen molar-refractivity contribution in [1.82, 2.24) is 15.5 Å². The number of aliphatic hydroxyl groups is 1. The molecule has 2 aliphatic rings. The quantitative estimate of drug-likeness (QED) is 0.507. The predicted octanol–water partition coefficient (Wildman–Crippen LogP) is -0.995. The smallest absolute Gasteiger partial charge is 0.0798 e. The second kappa shape index (κ2) is 4.14. The Morgan fingerprint density at radius 1 is 1.21 bits per heavy atom. The molecule has 2 heterocycles. The van der Waals surface area contributed by atoms with E-state index < -0.39 is 5.60 Å². The van der Waals surface area contributed by atoms with Crippen LogP contribution in [0.15, 0.2) is 0 Å². The van der Waals surface area contributed by atoms with E-state index >= 15 is 0 Å². The molecule has 0 spiro atoms. The third-order valence-corrected chi connectivity index (χ3v) is 3.46. The van der Waals surface area contributed by atoms with E-state index in [0.717, 1.165) is 45.7 Å². The molecular formula is C10H21N3O. The Balaban J connectivity index is 1.99. The molecule has 2 saturated heterocycles. The number of hydrogen-bond acceptors (Lipinski definition) is 4. The normalized spacial score (nSPS) is 41.1. The zero-order valence-electron chi connectivity index (χ0n) is 8.92. The number of piperazine rings is 1. The first kappa shape index (κ1) is 10.4. The summed E-state index contributed by atoms with van der Waals surface area (Å²) in [5, 5.41) is 17.0. The Hall–Kier alpha value is -0.160. The van der Waals surface area contributed by atoms with E-state index in [0.29, 0.717) is 6.04 Å². The van der Waals surface area contributed by atoms with Gasteiger partial charge < -0.3 is 15.7 Å². The van der Waals surface area contributed by atoms with Crippen LogP contribution in [0.4, 0.5) is 0 Å². The number of nitrogens with zero attached hydrogens (tertiary/aromatic N) is 1. The van der Waals surface area contributed by atoms with Gasteiger partial charge in [0.15, 0.2) is 0 Å². The van der Waals surface area contributed by atoms with Gasteiger partial charge in [-0.2, -0.15) is 0 Å². The van der Waals surface area contributed by atoms with Crippen LogP contribution in [0.2, 0.25) is 0 Å². The van der Waals surface area contributed by atoms with Gasteiger partial charge in [0, 0.05) is 32.7 Å². The van der Waals surface area contributed by atoms with E-state index in [1.54, 1.807) is 0 Å². The van der Waals surface area contributed by atoms with Gasteiger partial charge in [0.25, 0.3) is 0 Å². The molecule has 0 saturated carbocycles. The molecule has 0 aromatic heterocycles. The fourth-order valence-corrected chi connectivity index (χ4v) is 2.48. The standard InChI is InChI=1S/C10H21N3O/c1-10(14)2-3-12-8-9(10)13-6-4-11-5-7-13/h9,11-12,14H,2-8H2,1H3. The lowest BCUT2D eigenvalue weighted by atomic mass is 9.88. The molecule has 2 rings (SSSR count). The van der Waals surface area contributed by atoms with E-state index in [1.165, 1.54) is 0 Å². The van der Waals surface area contributed by atoms with Gasteiger partial charge in [-0.3, -0.25) is 4.90 Å². The van der Waals surface area contributed by atoms with Gasteiger partial charge in [-0.25, -0.2) is 0 Å². The van der Waals surface area contributed by atoms with Crippen molar-refractivity contribution in [3.8, 4) is 0 Å². The first-order chi connectivity index (χ1) is 6.70. The fraction of sp³-hybridized carbons (Fsp3) is 1.00. The Kier molecular flexibility index (Phi) is 3.07. The molecule has 14 heavy (non-hydrogen) atoms. The average Bonchev–Trinajstić information content (AvgIpc) is 2.18. The lowest BCUT2D eigenvalue weighted by molar-refractivity contribution is -0.0556. The minimum atomic E-state index is -0.511. The maximum absolute atomic E-state index is 10.3. The monoisotopic (exact) mass is 199 g/mol. The highest BCUT2D eigenvalue weighted by Crippen LogP contribution is 2.22. The fourth-order valence-electron chi connectivity index (χ4n) is 2.48. The van der Waals surface area contributed by atoms with Crippen LogP contribution in [0.3, 0.4) is 0 Å². The Bertz CT molecular complexity index is 190. The summed E-state index contributed by atoms with van der Waals surface area (Å²) in [4.78, 5) is 2.41. The molecule has 82 valence electrons. The van der Waals surface area contributed by atoms with Gasteiger partial charge >= 0.3 is 0 Å². The maximum Gasteiger partial charge on any atom is 0.0798 e. The summed E-state index contributed by atoms with van der Waals surface area (Å²) in [5.41, 5.74) is -0.511. The average molecular weight is 199 g/mol. The molecule has 0 aromatic rings. The van der Waals surface area contributed by atoms with E-state index in [1.807, 2.05) is 6.92 Å². The lowest BCUT2D eigenvalue weighted by Crippen LogP contribution is -2.63. The molecule has 0 aromatic carbocycles. The van der Waals surface area contributed by atoms with Crippen LogP contribution in [0, 0.1) is 0 Å². The van der Waals surface area contributed by atoms with Crippen LogP contribution in [-0.4, -0.2) is 60.9 Å². The molecule has 3 N–H and O–H groups in total. The summed E-state index contributed by atoms with van der Waals surface area (Å²) < 4.78 is 0. The van der Waals surface area contributed by atoms with Gasteiger partial charge in [-0.1, -0.05) is 0 Å². The highest BCUT2D eigenvalue weighted by atomic mass is 16.3.